The molecular formula is C58H44N4. The number of nitriles is 2. The molecule has 8 aromatic carbocycles. The van der Waals surface area contributed by atoms with Crippen molar-refractivity contribution in [2.75, 3.05) is 9.80 Å². The van der Waals surface area contributed by atoms with Crippen molar-refractivity contribution >= 4 is 70.6 Å². The van der Waals surface area contributed by atoms with Crippen LogP contribution in [0.15, 0.2) is 231 Å². The minimum atomic E-state index is 1.02. The molecule has 4 heteroatoms. The van der Waals surface area contributed by atoms with Crippen molar-refractivity contribution in [3.63, 3.8) is 0 Å². The fourth-order valence-electron chi connectivity index (χ4n) is 6.76. The molecule has 0 atom stereocenters. The van der Waals surface area contributed by atoms with Crippen LogP contribution < -0.4 is 9.80 Å². The van der Waals surface area contributed by atoms with Gasteiger partial charge in [0.2, 0.25) is 0 Å². The van der Waals surface area contributed by atoms with E-state index in [2.05, 4.69) is 204 Å². The molecule has 0 unspecified atom stereocenters. The van der Waals surface area contributed by atoms with Gasteiger partial charge in [-0.15, -0.1) is 0 Å². The first-order valence-electron chi connectivity index (χ1n) is 20.4. The first-order valence-corrected chi connectivity index (χ1v) is 20.4. The van der Waals surface area contributed by atoms with Crippen LogP contribution in [0.3, 0.4) is 0 Å². The summed E-state index contributed by atoms with van der Waals surface area (Å²) in [5, 5.41) is 17.2. The second-order valence-electron chi connectivity index (χ2n) is 14.1. The lowest BCUT2D eigenvalue weighted by atomic mass is 10.1. The number of allylic oxidation sites excluding steroid dienone is 2. The van der Waals surface area contributed by atoms with Crippen LogP contribution in [0.25, 0.3) is 36.5 Å². The fraction of sp³-hybridized carbons (Fsp3) is 0. The standard InChI is InChI=1S/2C29H22N2/c2*30-23-7-8-24-13-15-25(16-14-24)17-18-26-19-21-29(22-20-26)31(27-9-3-1-4-10-27)28-11-5-2-6-12-28/h2*1-22H/b2*8-7+,18-17+. The van der Waals surface area contributed by atoms with Crippen molar-refractivity contribution < 1.29 is 0 Å². The summed E-state index contributed by atoms with van der Waals surface area (Å²) in [6.07, 6.45) is 15.0. The molecule has 8 rings (SSSR count). The number of benzene rings is 8. The van der Waals surface area contributed by atoms with Crippen LogP contribution in [0.4, 0.5) is 34.1 Å². The summed E-state index contributed by atoms with van der Waals surface area (Å²) in [6.45, 7) is 0. The highest BCUT2D eigenvalue weighted by molar-refractivity contribution is 5.80. The van der Waals surface area contributed by atoms with Crippen LogP contribution in [0.1, 0.15) is 33.4 Å². The number of para-hydroxylation sites is 4. The van der Waals surface area contributed by atoms with Crippen LogP contribution >= 0.6 is 0 Å². The van der Waals surface area contributed by atoms with Crippen molar-refractivity contribution in [1.82, 2.24) is 0 Å². The van der Waals surface area contributed by atoms with E-state index in [9.17, 15) is 0 Å². The van der Waals surface area contributed by atoms with Gasteiger partial charge in [0.05, 0.1) is 12.1 Å². The summed E-state index contributed by atoms with van der Waals surface area (Å²) >= 11 is 0. The Balaban J connectivity index is 0.000000186. The summed E-state index contributed by atoms with van der Waals surface area (Å²) in [7, 11) is 0. The molecule has 0 aromatic heterocycles. The van der Waals surface area contributed by atoms with Gasteiger partial charge in [0.1, 0.15) is 0 Å². The van der Waals surface area contributed by atoms with Crippen LogP contribution in [0, 0.1) is 22.7 Å². The molecule has 0 aliphatic heterocycles. The van der Waals surface area contributed by atoms with E-state index in [-0.39, 0.29) is 0 Å². The topological polar surface area (TPSA) is 54.1 Å². The molecule has 0 aliphatic rings. The maximum atomic E-state index is 8.62. The number of hydrogen-bond donors (Lipinski definition) is 0. The van der Waals surface area contributed by atoms with Crippen LogP contribution in [0.2, 0.25) is 0 Å². The van der Waals surface area contributed by atoms with Crippen molar-refractivity contribution in [2.45, 2.75) is 0 Å². The molecule has 0 N–H and O–H groups in total. The zero-order valence-electron chi connectivity index (χ0n) is 34.2. The van der Waals surface area contributed by atoms with Crippen LogP contribution in [0.5, 0.6) is 0 Å². The van der Waals surface area contributed by atoms with Crippen molar-refractivity contribution in [3.05, 3.63) is 264 Å². The monoisotopic (exact) mass is 796 g/mol. The Hall–Kier alpha value is -8.70. The average molecular weight is 797 g/mol. The molecule has 0 aliphatic carbocycles. The van der Waals surface area contributed by atoms with E-state index in [1.54, 1.807) is 12.2 Å². The minimum absolute atomic E-state index is 1.02. The molecule has 0 fully saturated rings. The van der Waals surface area contributed by atoms with Crippen molar-refractivity contribution in [1.29, 1.82) is 10.5 Å². The molecule has 0 saturated carbocycles. The molecule has 0 bridgehead atoms. The summed E-state index contributed by atoms with van der Waals surface area (Å²) < 4.78 is 0. The average Bonchev–Trinajstić information content (AvgIpc) is 3.34. The van der Waals surface area contributed by atoms with Gasteiger partial charge in [-0.2, -0.15) is 10.5 Å². The minimum Gasteiger partial charge on any atom is -0.311 e. The lowest BCUT2D eigenvalue weighted by Gasteiger charge is -2.25. The highest BCUT2D eigenvalue weighted by Crippen LogP contribution is 2.35. The van der Waals surface area contributed by atoms with Gasteiger partial charge in [-0.05, 0) is 118 Å². The van der Waals surface area contributed by atoms with Gasteiger partial charge < -0.3 is 9.80 Å². The Morgan fingerprint density at radius 1 is 0.242 bits per heavy atom. The maximum Gasteiger partial charge on any atom is 0.0912 e. The fourth-order valence-corrected chi connectivity index (χ4v) is 6.76. The molecule has 0 radical (unpaired) electrons. The summed E-state index contributed by atoms with van der Waals surface area (Å²) in [5.41, 5.74) is 13.3. The quantitative estimate of drug-likeness (QED) is 0.0913. The second kappa shape index (κ2) is 21.9. The van der Waals surface area contributed by atoms with Crippen molar-refractivity contribution in [3.8, 4) is 12.1 Å². The molecule has 8 aromatic rings. The van der Waals surface area contributed by atoms with E-state index in [0.717, 1.165) is 67.5 Å². The maximum absolute atomic E-state index is 8.62. The molecule has 0 spiro atoms. The van der Waals surface area contributed by atoms with E-state index in [0.29, 0.717) is 0 Å². The zero-order valence-corrected chi connectivity index (χ0v) is 34.2. The Bertz CT molecular complexity index is 2520. The Morgan fingerprint density at radius 3 is 0.661 bits per heavy atom. The van der Waals surface area contributed by atoms with Crippen molar-refractivity contribution in [2.24, 2.45) is 0 Å². The van der Waals surface area contributed by atoms with E-state index in [1.165, 1.54) is 12.2 Å². The lowest BCUT2D eigenvalue weighted by Crippen LogP contribution is -2.09. The third kappa shape index (κ3) is 11.7. The predicted molar refractivity (Wildman–Crippen MR) is 262 cm³/mol. The van der Waals surface area contributed by atoms with E-state index in [1.807, 2.05) is 60.7 Å². The smallest absolute Gasteiger partial charge is 0.0912 e. The predicted octanol–water partition coefficient (Wildman–Crippen LogP) is 15.7. The van der Waals surface area contributed by atoms with Gasteiger partial charge in [0.15, 0.2) is 0 Å². The molecular weight excluding hydrogens is 753 g/mol. The normalized spacial score (nSPS) is 10.9. The number of hydrogen-bond acceptors (Lipinski definition) is 4. The SMILES string of the molecule is N#C/C=C/c1ccc(/C=C/c2ccc(N(c3ccccc3)c3ccccc3)cc2)cc1.N#C/C=C/c1ccc(/C=C/c2ccc(N(c3ccccc3)c3ccccc3)cc2)cc1. The molecule has 296 valence electrons. The Morgan fingerprint density at radius 2 is 0.435 bits per heavy atom. The van der Waals surface area contributed by atoms with Crippen LogP contribution in [-0.2, 0) is 0 Å². The summed E-state index contributed by atoms with van der Waals surface area (Å²) in [5.74, 6) is 0. The summed E-state index contributed by atoms with van der Waals surface area (Å²) in [6, 6.07) is 79.0. The van der Waals surface area contributed by atoms with Crippen LogP contribution in [-0.4, -0.2) is 0 Å². The van der Waals surface area contributed by atoms with Gasteiger partial charge in [0, 0.05) is 46.3 Å². The lowest BCUT2D eigenvalue weighted by molar-refractivity contribution is 1.28. The molecule has 62 heavy (non-hydrogen) atoms. The Kier molecular flexibility index (Phi) is 14.6. The highest BCUT2D eigenvalue weighted by atomic mass is 15.1. The molecule has 0 heterocycles. The molecule has 4 nitrogen and oxygen atoms in total. The third-order valence-corrected chi connectivity index (χ3v) is 9.87. The van der Waals surface area contributed by atoms with Gasteiger partial charge in [-0.3, -0.25) is 0 Å². The van der Waals surface area contributed by atoms with Gasteiger partial charge in [-0.1, -0.05) is 170 Å². The first kappa shape index (κ1) is 41.5. The van der Waals surface area contributed by atoms with E-state index in [4.69, 9.17) is 10.5 Å². The van der Waals surface area contributed by atoms with Gasteiger partial charge >= 0.3 is 0 Å². The Labute approximate surface area is 365 Å². The number of nitrogens with zero attached hydrogens (tertiary/aromatic N) is 4. The van der Waals surface area contributed by atoms with Gasteiger partial charge in [-0.25, -0.2) is 0 Å². The first-order chi connectivity index (χ1) is 30.7. The van der Waals surface area contributed by atoms with E-state index >= 15 is 0 Å². The molecule has 0 amide bonds. The second-order valence-corrected chi connectivity index (χ2v) is 14.1. The zero-order chi connectivity index (χ0) is 42.6. The highest BCUT2D eigenvalue weighted by Gasteiger charge is 2.12. The largest absolute Gasteiger partial charge is 0.311 e. The van der Waals surface area contributed by atoms with Gasteiger partial charge in [0.25, 0.3) is 0 Å². The summed E-state index contributed by atoms with van der Waals surface area (Å²) in [4.78, 5) is 4.50. The molecule has 0 saturated heterocycles. The number of anilines is 6. The van der Waals surface area contributed by atoms with E-state index < -0.39 is 0 Å². The third-order valence-electron chi connectivity index (χ3n) is 9.87. The number of rotatable bonds is 12.